The molecule has 32 heteroatoms. The maximum atomic E-state index is 14.7. The maximum Gasteiger partial charge on any atom is 0.248 e. The third-order valence-corrected chi connectivity index (χ3v) is 17.4. The molecule has 0 bridgehead atoms. The van der Waals surface area contributed by atoms with E-state index in [1.807, 2.05) is 6.92 Å². The maximum absolute atomic E-state index is 14.7. The highest BCUT2D eigenvalue weighted by atomic mass is 16.3. The molecular formula is C65H114N14O18. The quantitative estimate of drug-likeness (QED) is 0.0484. The van der Waals surface area contributed by atoms with Gasteiger partial charge in [0, 0.05) is 32.5 Å². The van der Waals surface area contributed by atoms with Crippen molar-refractivity contribution in [3.63, 3.8) is 0 Å². The number of likely N-dealkylation sites (N-methyl/N-ethyl adjacent to an activating group) is 1. The Kier molecular flexibility index (Phi) is 36.1. The van der Waals surface area contributed by atoms with Gasteiger partial charge < -0.3 is 94.9 Å². The molecule has 0 aromatic rings. The van der Waals surface area contributed by atoms with Gasteiger partial charge >= 0.3 is 0 Å². The molecule has 2 fully saturated rings. The number of amides is 14. The molecule has 2 aliphatic rings. The molecule has 2 heterocycles. The average Bonchev–Trinajstić information content (AvgIpc) is 1.75. The van der Waals surface area contributed by atoms with Crippen molar-refractivity contribution in [3.8, 4) is 0 Å². The first-order valence-electron chi connectivity index (χ1n) is 34.1. The molecule has 14 amide bonds. The summed E-state index contributed by atoms with van der Waals surface area (Å²) in [7, 11) is 1.16. The van der Waals surface area contributed by atoms with Crippen LogP contribution in [0.2, 0.25) is 0 Å². The number of rotatable bonds is 22. The van der Waals surface area contributed by atoms with Gasteiger partial charge in [-0.2, -0.15) is 0 Å². The topological polar surface area (TPSA) is 499 Å². The van der Waals surface area contributed by atoms with Crippen molar-refractivity contribution in [2.75, 3.05) is 13.6 Å². The molecule has 2 aliphatic heterocycles. The van der Waals surface area contributed by atoms with E-state index in [0.717, 1.165) is 43.0 Å². The number of nitrogens with zero attached hydrogens (tertiary/aromatic N) is 2. The van der Waals surface area contributed by atoms with Crippen LogP contribution in [0.5, 0.6) is 0 Å². The summed E-state index contributed by atoms with van der Waals surface area (Å²) in [4.78, 5) is 199. The number of aliphatic hydroxyl groups excluding tert-OH is 4. The Balaban J connectivity index is 2.96. The molecule has 0 aromatic heterocycles. The first-order valence-corrected chi connectivity index (χ1v) is 34.1. The number of hydrogen-bond donors (Lipinski definition) is 16. The second-order valence-electron chi connectivity index (χ2n) is 27.6. The van der Waals surface area contributed by atoms with Gasteiger partial charge in [-0.15, -0.1) is 0 Å². The summed E-state index contributed by atoms with van der Waals surface area (Å²) in [6.07, 6.45) is -4.49. The zero-order valence-electron chi connectivity index (χ0n) is 59.3. The minimum atomic E-state index is -2.53. The minimum absolute atomic E-state index is 0.00541. The number of nitrogens with one attached hydrogen (secondary N) is 10. The van der Waals surface area contributed by atoms with Gasteiger partial charge in [0.2, 0.25) is 82.7 Å². The summed E-state index contributed by atoms with van der Waals surface area (Å²) >= 11 is 0. The second-order valence-corrected chi connectivity index (χ2v) is 27.6. The normalized spacial score (nSPS) is 27.7. The second kappa shape index (κ2) is 41.0. The third kappa shape index (κ3) is 27.0. The Morgan fingerprint density at radius 3 is 1.54 bits per heavy atom. The zero-order valence-corrected chi connectivity index (χ0v) is 59.3. The molecule has 2 rings (SSSR count). The van der Waals surface area contributed by atoms with Crippen LogP contribution in [0.1, 0.15) is 187 Å². The van der Waals surface area contributed by atoms with Crippen molar-refractivity contribution in [3.05, 3.63) is 0 Å². The Hall–Kier alpha value is -7.58. The Morgan fingerprint density at radius 2 is 1.02 bits per heavy atom. The molecular weight excluding hydrogens is 1260 g/mol. The fraction of sp³-hybridized carbons (Fsp3) is 0.785. The summed E-state index contributed by atoms with van der Waals surface area (Å²) in [5.41, 5.74) is 11.0. The van der Waals surface area contributed by atoms with Crippen LogP contribution in [0.15, 0.2) is 0 Å². The number of fused-ring (bicyclic) bond motifs is 1. The fourth-order valence-corrected chi connectivity index (χ4v) is 11.5. The molecule has 0 aromatic carbocycles. The lowest BCUT2D eigenvalue weighted by Crippen LogP contribution is -2.65. The fourth-order valence-electron chi connectivity index (χ4n) is 11.5. The van der Waals surface area contributed by atoms with Crippen molar-refractivity contribution < 1.29 is 87.5 Å². The van der Waals surface area contributed by atoms with Gasteiger partial charge in [0.05, 0.1) is 18.3 Å². The number of carbonyl (C=O) groups is 14. The van der Waals surface area contributed by atoms with Gasteiger partial charge in [-0.25, -0.2) is 0 Å². The van der Waals surface area contributed by atoms with Crippen molar-refractivity contribution in [1.82, 2.24) is 63.0 Å². The largest absolute Gasteiger partial charge is 0.391 e. The third-order valence-electron chi connectivity index (χ3n) is 17.4. The molecule has 552 valence electrons. The molecule has 0 aliphatic carbocycles. The lowest BCUT2D eigenvalue weighted by Gasteiger charge is -2.36. The van der Waals surface area contributed by atoms with E-state index in [2.05, 4.69) is 53.2 Å². The highest BCUT2D eigenvalue weighted by Gasteiger charge is 2.45. The molecule has 2 saturated heterocycles. The van der Waals surface area contributed by atoms with Crippen molar-refractivity contribution in [1.29, 1.82) is 0 Å². The van der Waals surface area contributed by atoms with Gasteiger partial charge in [0.15, 0.2) is 6.10 Å². The Morgan fingerprint density at radius 1 is 0.526 bits per heavy atom. The van der Waals surface area contributed by atoms with Crippen LogP contribution >= 0.6 is 0 Å². The van der Waals surface area contributed by atoms with Gasteiger partial charge in [-0.1, -0.05) is 115 Å². The smallest absolute Gasteiger partial charge is 0.248 e. The van der Waals surface area contributed by atoms with Crippen molar-refractivity contribution in [2.24, 2.45) is 41.1 Å². The Bertz CT molecular complexity index is 2710. The summed E-state index contributed by atoms with van der Waals surface area (Å²) in [5.74, 6) is -17.2. The highest BCUT2D eigenvalue weighted by Crippen LogP contribution is 2.23. The monoisotopic (exact) mass is 1380 g/mol. The van der Waals surface area contributed by atoms with E-state index in [1.165, 1.54) is 20.8 Å². The van der Waals surface area contributed by atoms with Crippen LogP contribution in [0.4, 0.5) is 0 Å². The first-order chi connectivity index (χ1) is 45.2. The summed E-state index contributed by atoms with van der Waals surface area (Å²) in [6, 6.07) is -19.0. The number of carbonyl (C=O) groups excluding carboxylic acids is 14. The van der Waals surface area contributed by atoms with E-state index < -0.39 is 217 Å². The standard InChI is InChI=1S/C65H114N14O18/c1-16-18-19-20-21-23-39-30-45(83)73-46(33(7)8)59(91)76-49(52(84)34(9)10)61(93)68-36(12)55(87)71-41(28-31(3)4)56(88)70-40(25-26-44(66)82)64(96)78(15)51(35(11)17-2)63(95)77-50(53(85)54(67)86)62(94)75-48(38(14)81)65(97)79-27-22-24-43(79)58(90)72-42(29-32(5)6)57(89)74-47(37(13)80)60(92)69-39/h31-43,46-53,80-81,84-85H,16-30H2,1-15H3,(H2,66,82)(H2,67,86)(H,68,93)(H,69,92)(H,70,88)(H,71,87)(H,72,90)(H,73,83)(H,74,89)(H,75,94)(H,76,91)(H,77,95)/t35-,36-,37+,38+,39+,40-,41+,42+,43-,46-,47-,48-,49+,50+,51-,52-,53+/m0/s1. The molecule has 0 unspecified atom stereocenters. The predicted molar refractivity (Wildman–Crippen MR) is 355 cm³/mol. The summed E-state index contributed by atoms with van der Waals surface area (Å²) in [5, 5.41) is 70.1. The predicted octanol–water partition coefficient (Wildman–Crippen LogP) is -2.88. The van der Waals surface area contributed by atoms with E-state index in [4.69, 9.17) is 11.5 Å². The molecule has 97 heavy (non-hydrogen) atoms. The van der Waals surface area contributed by atoms with Crippen LogP contribution in [0.25, 0.3) is 0 Å². The lowest BCUT2D eigenvalue weighted by molar-refractivity contribution is -0.148. The van der Waals surface area contributed by atoms with Crippen LogP contribution in [-0.2, 0) is 67.1 Å². The summed E-state index contributed by atoms with van der Waals surface area (Å²) < 4.78 is 0. The minimum Gasteiger partial charge on any atom is -0.391 e. The van der Waals surface area contributed by atoms with E-state index in [9.17, 15) is 87.5 Å². The number of nitrogens with two attached hydrogens (primary N) is 2. The van der Waals surface area contributed by atoms with Crippen LogP contribution < -0.4 is 64.6 Å². The Labute approximate surface area is 569 Å². The van der Waals surface area contributed by atoms with Crippen LogP contribution in [0, 0.1) is 29.6 Å². The number of aliphatic hydroxyl groups is 4. The van der Waals surface area contributed by atoms with Gasteiger partial charge in [0.1, 0.15) is 66.5 Å². The SMILES string of the molecule is CCCCCCC[C@@H]1CC(=O)N[C@@H](C(C)C)C(=O)N[C@H]([C@@H](O)C(C)C)C(=O)N[C@@H](C)C(=O)N[C@H](CC(C)C)C(=O)N[C@@H](CCC(N)=O)C(=O)N(C)[C@@H]([C@@H](C)CC)C(=O)N[C@H]([C@@H](O)C(N)=O)C(=O)N[C@@H]([C@@H](C)O)C(=O)N2CCC[C@H]2C(=O)N[C@H](CC(C)C)C(=O)N[C@@H]([C@@H](C)O)C(=O)N1. The molecule has 0 spiro atoms. The van der Waals surface area contributed by atoms with E-state index >= 15 is 0 Å². The molecule has 0 radical (unpaired) electrons. The average molecular weight is 1380 g/mol. The molecule has 0 saturated carbocycles. The van der Waals surface area contributed by atoms with E-state index in [0.29, 0.717) is 12.8 Å². The van der Waals surface area contributed by atoms with Crippen molar-refractivity contribution >= 4 is 82.7 Å². The number of primary amides is 2. The summed E-state index contributed by atoms with van der Waals surface area (Å²) in [6.45, 7) is 21.9. The van der Waals surface area contributed by atoms with Gasteiger partial charge in [0.25, 0.3) is 0 Å². The highest BCUT2D eigenvalue weighted by molar-refractivity contribution is 6.01. The van der Waals surface area contributed by atoms with Gasteiger partial charge in [-0.05, 0) is 88.9 Å². The van der Waals surface area contributed by atoms with Gasteiger partial charge in [-0.3, -0.25) is 67.1 Å². The zero-order chi connectivity index (χ0) is 74.0. The molecule has 17 atom stereocenters. The van der Waals surface area contributed by atoms with E-state index in [1.54, 1.807) is 62.3 Å². The number of unbranched alkanes of at least 4 members (excludes halogenated alkanes) is 4. The first kappa shape index (κ1) is 85.5. The van der Waals surface area contributed by atoms with Crippen LogP contribution in [0.3, 0.4) is 0 Å². The van der Waals surface area contributed by atoms with E-state index in [-0.39, 0.29) is 56.9 Å². The van der Waals surface area contributed by atoms with Crippen LogP contribution in [-0.4, -0.2) is 223 Å². The number of hydrogen-bond acceptors (Lipinski definition) is 18. The van der Waals surface area contributed by atoms with Crippen molar-refractivity contribution in [2.45, 2.75) is 284 Å². The molecule has 32 nitrogen and oxygen atoms in total. The molecule has 18 N–H and O–H groups in total. The lowest BCUT2D eigenvalue weighted by atomic mass is 9.95.